The summed E-state index contributed by atoms with van der Waals surface area (Å²) in [5.41, 5.74) is 1.14. The van der Waals surface area contributed by atoms with Gasteiger partial charge in [0.2, 0.25) is 5.91 Å². The third kappa shape index (κ3) is 3.41. The number of amides is 1. The van der Waals surface area contributed by atoms with Crippen LogP contribution in [0.15, 0.2) is 24.4 Å². The molecule has 5 heteroatoms. The van der Waals surface area contributed by atoms with E-state index in [1.54, 1.807) is 0 Å². The topological polar surface area (TPSA) is 39.7 Å². The molecule has 0 aliphatic carbocycles. The van der Waals surface area contributed by atoms with E-state index < -0.39 is 0 Å². The molecule has 114 valence electrons. The fourth-order valence-corrected chi connectivity index (χ4v) is 3.51. The minimum Gasteiger partial charge on any atom is -0.341 e. The van der Waals surface area contributed by atoms with Crippen molar-refractivity contribution in [2.75, 3.05) is 46.8 Å². The van der Waals surface area contributed by atoms with Crippen LogP contribution in [0.3, 0.4) is 0 Å². The van der Waals surface area contributed by atoms with Crippen molar-refractivity contribution in [1.29, 1.82) is 0 Å². The molecule has 0 unspecified atom stereocenters. The van der Waals surface area contributed by atoms with Gasteiger partial charge >= 0.3 is 0 Å². The van der Waals surface area contributed by atoms with Gasteiger partial charge in [0.25, 0.3) is 0 Å². The molecule has 3 rings (SSSR count). The Kier molecular flexibility index (Phi) is 4.22. The van der Waals surface area contributed by atoms with Crippen molar-refractivity contribution in [3.63, 3.8) is 0 Å². The molecule has 2 aliphatic rings. The highest BCUT2D eigenvalue weighted by Gasteiger charge is 2.41. The van der Waals surface area contributed by atoms with Crippen molar-refractivity contribution in [2.45, 2.75) is 6.54 Å². The van der Waals surface area contributed by atoms with Crippen LogP contribution in [0.4, 0.5) is 0 Å². The highest BCUT2D eigenvalue weighted by molar-refractivity contribution is 5.78. The Morgan fingerprint density at radius 2 is 1.95 bits per heavy atom. The number of nitrogens with zero attached hydrogens (tertiary/aromatic N) is 4. The number of aromatic nitrogens is 1. The average molecular weight is 288 g/mol. The quantitative estimate of drug-likeness (QED) is 0.810. The van der Waals surface area contributed by atoms with Gasteiger partial charge in [-0.25, -0.2) is 0 Å². The van der Waals surface area contributed by atoms with Crippen LogP contribution in [0, 0.1) is 11.8 Å². The van der Waals surface area contributed by atoms with E-state index in [9.17, 15) is 4.79 Å². The monoisotopic (exact) mass is 288 g/mol. The molecule has 5 nitrogen and oxygen atoms in total. The Morgan fingerprint density at radius 3 is 2.52 bits per heavy atom. The standard InChI is InChI=1S/C16H24N4O/c1-18(2)12-16(21)20-9-13-7-19(8-14(13)10-20)11-15-5-3-4-6-17-15/h3-6,13-14H,7-12H2,1-2H3/t13-,14+. The number of likely N-dealkylation sites (N-methyl/N-ethyl adjacent to an activating group) is 1. The van der Waals surface area contributed by atoms with Gasteiger partial charge in [-0.2, -0.15) is 0 Å². The fourth-order valence-electron chi connectivity index (χ4n) is 3.51. The summed E-state index contributed by atoms with van der Waals surface area (Å²) in [4.78, 5) is 23.0. The van der Waals surface area contributed by atoms with E-state index in [-0.39, 0.29) is 5.91 Å². The second kappa shape index (κ2) is 6.12. The second-order valence-corrected chi connectivity index (χ2v) is 6.57. The van der Waals surface area contributed by atoms with Crippen LogP contribution in [-0.4, -0.2) is 72.4 Å². The fraction of sp³-hybridized carbons (Fsp3) is 0.625. The zero-order chi connectivity index (χ0) is 14.8. The summed E-state index contributed by atoms with van der Waals surface area (Å²) in [7, 11) is 3.90. The van der Waals surface area contributed by atoms with Crippen molar-refractivity contribution in [3.8, 4) is 0 Å². The van der Waals surface area contributed by atoms with E-state index in [4.69, 9.17) is 0 Å². The first-order valence-electron chi connectivity index (χ1n) is 7.66. The third-order valence-electron chi connectivity index (χ3n) is 4.48. The normalized spacial score (nSPS) is 25.6. The molecule has 0 aromatic carbocycles. The van der Waals surface area contributed by atoms with Crippen molar-refractivity contribution in [2.24, 2.45) is 11.8 Å². The van der Waals surface area contributed by atoms with E-state index in [0.29, 0.717) is 18.4 Å². The Bertz CT molecular complexity index is 476. The number of rotatable bonds is 4. The summed E-state index contributed by atoms with van der Waals surface area (Å²) >= 11 is 0. The molecule has 0 radical (unpaired) electrons. The van der Waals surface area contributed by atoms with Crippen LogP contribution < -0.4 is 0 Å². The molecule has 0 saturated carbocycles. The van der Waals surface area contributed by atoms with Crippen LogP contribution >= 0.6 is 0 Å². The van der Waals surface area contributed by atoms with Crippen LogP contribution in [-0.2, 0) is 11.3 Å². The minimum atomic E-state index is 0.269. The van der Waals surface area contributed by atoms with Crippen molar-refractivity contribution < 1.29 is 4.79 Å². The lowest BCUT2D eigenvalue weighted by molar-refractivity contribution is -0.131. The molecule has 0 N–H and O–H groups in total. The Hall–Kier alpha value is -1.46. The zero-order valence-electron chi connectivity index (χ0n) is 12.9. The van der Waals surface area contributed by atoms with E-state index >= 15 is 0 Å². The number of hydrogen-bond acceptors (Lipinski definition) is 4. The summed E-state index contributed by atoms with van der Waals surface area (Å²) in [6, 6.07) is 6.08. The number of hydrogen-bond donors (Lipinski definition) is 0. The van der Waals surface area contributed by atoms with Gasteiger partial charge in [-0.1, -0.05) is 6.07 Å². The molecular formula is C16H24N4O. The Morgan fingerprint density at radius 1 is 1.24 bits per heavy atom. The molecule has 3 heterocycles. The molecule has 2 saturated heterocycles. The maximum atomic E-state index is 12.1. The highest BCUT2D eigenvalue weighted by atomic mass is 16.2. The molecule has 0 spiro atoms. The molecular weight excluding hydrogens is 264 g/mol. The van der Waals surface area contributed by atoms with Crippen LogP contribution in [0.1, 0.15) is 5.69 Å². The van der Waals surface area contributed by atoms with Crippen LogP contribution in [0.2, 0.25) is 0 Å². The van der Waals surface area contributed by atoms with Gasteiger partial charge in [0.15, 0.2) is 0 Å². The summed E-state index contributed by atoms with van der Waals surface area (Å²) in [6.07, 6.45) is 1.86. The SMILES string of the molecule is CN(C)CC(=O)N1C[C@H]2CN(Cc3ccccn3)C[C@H]2C1. The van der Waals surface area contributed by atoms with Gasteiger partial charge < -0.3 is 9.80 Å². The van der Waals surface area contributed by atoms with Crippen LogP contribution in [0.5, 0.6) is 0 Å². The molecule has 1 aromatic heterocycles. The third-order valence-corrected chi connectivity index (χ3v) is 4.48. The van der Waals surface area contributed by atoms with Gasteiger partial charge in [0.1, 0.15) is 0 Å². The van der Waals surface area contributed by atoms with Gasteiger partial charge in [-0.05, 0) is 38.1 Å². The average Bonchev–Trinajstić information content (AvgIpc) is 2.97. The predicted octanol–water partition coefficient (Wildman–Crippen LogP) is 0.533. The van der Waals surface area contributed by atoms with E-state index in [1.165, 1.54) is 0 Å². The smallest absolute Gasteiger partial charge is 0.236 e. The highest BCUT2D eigenvalue weighted by Crippen LogP contribution is 2.31. The Balaban J connectivity index is 1.51. The second-order valence-electron chi connectivity index (χ2n) is 6.57. The van der Waals surface area contributed by atoms with Gasteiger partial charge in [0.05, 0.1) is 12.2 Å². The molecule has 21 heavy (non-hydrogen) atoms. The first-order valence-corrected chi connectivity index (χ1v) is 7.66. The van der Waals surface area contributed by atoms with Gasteiger partial charge in [0, 0.05) is 38.9 Å². The predicted molar refractivity (Wildman–Crippen MR) is 81.6 cm³/mol. The number of carbonyl (C=O) groups excluding carboxylic acids is 1. The number of fused-ring (bicyclic) bond motifs is 1. The summed E-state index contributed by atoms with van der Waals surface area (Å²) in [5, 5.41) is 0. The molecule has 2 fully saturated rings. The lowest BCUT2D eigenvalue weighted by Crippen LogP contribution is -2.38. The number of pyridine rings is 1. The summed E-state index contributed by atoms with van der Waals surface area (Å²) < 4.78 is 0. The number of carbonyl (C=O) groups is 1. The molecule has 1 aromatic rings. The van der Waals surface area contributed by atoms with E-state index in [1.807, 2.05) is 42.2 Å². The van der Waals surface area contributed by atoms with Gasteiger partial charge in [-0.15, -0.1) is 0 Å². The maximum Gasteiger partial charge on any atom is 0.236 e. The summed E-state index contributed by atoms with van der Waals surface area (Å²) in [5.74, 6) is 1.55. The first kappa shape index (κ1) is 14.5. The molecule has 0 bridgehead atoms. The molecule has 2 atom stereocenters. The van der Waals surface area contributed by atoms with E-state index in [2.05, 4.69) is 16.0 Å². The van der Waals surface area contributed by atoms with Crippen molar-refractivity contribution >= 4 is 5.91 Å². The van der Waals surface area contributed by atoms with Crippen molar-refractivity contribution in [1.82, 2.24) is 19.7 Å². The van der Waals surface area contributed by atoms with E-state index in [0.717, 1.165) is 38.4 Å². The Labute approximate surface area is 126 Å². The maximum absolute atomic E-state index is 12.1. The largest absolute Gasteiger partial charge is 0.341 e. The van der Waals surface area contributed by atoms with Crippen LogP contribution in [0.25, 0.3) is 0 Å². The lowest BCUT2D eigenvalue weighted by Gasteiger charge is -2.22. The minimum absolute atomic E-state index is 0.269. The zero-order valence-corrected chi connectivity index (χ0v) is 12.9. The van der Waals surface area contributed by atoms with Crippen molar-refractivity contribution in [3.05, 3.63) is 30.1 Å². The first-order chi connectivity index (χ1) is 10.1. The molecule has 2 aliphatic heterocycles. The number of likely N-dealkylation sites (tertiary alicyclic amines) is 2. The molecule has 1 amide bonds. The van der Waals surface area contributed by atoms with Gasteiger partial charge in [-0.3, -0.25) is 14.7 Å². The lowest BCUT2D eigenvalue weighted by atomic mass is 10.0. The summed E-state index contributed by atoms with van der Waals surface area (Å²) in [6.45, 7) is 5.49.